The Morgan fingerprint density at radius 3 is 2.81 bits per heavy atom. The summed E-state index contributed by atoms with van der Waals surface area (Å²) < 4.78 is 2.13. The van der Waals surface area contributed by atoms with Crippen molar-refractivity contribution in [3.8, 4) is 11.3 Å². The highest BCUT2D eigenvalue weighted by Crippen LogP contribution is 2.43. The minimum atomic E-state index is -0.0104. The molecule has 0 aliphatic carbocycles. The first-order chi connectivity index (χ1) is 15.7. The van der Waals surface area contributed by atoms with Crippen molar-refractivity contribution in [2.45, 2.75) is 31.3 Å². The highest BCUT2D eigenvalue weighted by atomic mass is 16.2. The zero-order valence-electron chi connectivity index (χ0n) is 17.7. The number of nitrogens with zero attached hydrogens (tertiary/aromatic N) is 5. The van der Waals surface area contributed by atoms with Crippen LogP contribution in [0.5, 0.6) is 0 Å². The summed E-state index contributed by atoms with van der Waals surface area (Å²) in [6, 6.07) is 16.3. The number of benzene rings is 1. The van der Waals surface area contributed by atoms with Crippen molar-refractivity contribution in [2.75, 3.05) is 13.1 Å². The molecule has 1 N–H and O–H groups in total. The van der Waals surface area contributed by atoms with Gasteiger partial charge in [0.05, 0.1) is 11.2 Å². The molecule has 1 unspecified atom stereocenters. The third-order valence-corrected chi connectivity index (χ3v) is 6.85. The Hall–Kier alpha value is -3.74. The fraction of sp³-hybridized carbons (Fsp3) is 0.280. The van der Waals surface area contributed by atoms with Crippen LogP contribution < -0.4 is 5.32 Å². The highest BCUT2D eigenvalue weighted by molar-refractivity contribution is 5.82. The van der Waals surface area contributed by atoms with Crippen molar-refractivity contribution in [1.29, 1.82) is 0 Å². The van der Waals surface area contributed by atoms with Crippen LogP contribution in [0.3, 0.4) is 0 Å². The second-order valence-corrected chi connectivity index (χ2v) is 8.77. The quantitative estimate of drug-likeness (QED) is 0.543. The predicted octanol–water partition coefficient (Wildman–Crippen LogP) is 3.75. The molecule has 7 nitrogen and oxygen atoms in total. The Kier molecular flexibility index (Phi) is 4.41. The van der Waals surface area contributed by atoms with Gasteiger partial charge in [0, 0.05) is 66.8 Å². The first-order valence-corrected chi connectivity index (χ1v) is 11.1. The van der Waals surface area contributed by atoms with E-state index in [1.807, 2.05) is 41.4 Å². The van der Waals surface area contributed by atoms with Crippen LogP contribution in [-0.4, -0.2) is 43.8 Å². The Morgan fingerprint density at radius 1 is 1.06 bits per heavy atom. The molecule has 32 heavy (non-hydrogen) atoms. The van der Waals surface area contributed by atoms with Gasteiger partial charge in [-0.05, 0) is 48.7 Å². The molecule has 1 saturated heterocycles. The zero-order chi connectivity index (χ0) is 21.5. The van der Waals surface area contributed by atoms with Crippen molar-refractivity contribution in [1.82, 2.24) is 30.0 Å². The second kappa shape index (κ2) is 7.44. The Labute approximate surface area is 186 Å². The fourth-order valence-electron chi connectivity index (χ4n) is 5.06. The largest absolute Gasteiger partial charge is 0.334 e. The number of carbonyl (C=O) groups is 1. The molecule has 1 spiro atoms. The van der Waals surface area contributed by atoms with Crippen LogP contribution >= 0.6 is 0 Å². The number of fused-ring (bicyclic) bond motifs is 3. The maximum atomic E-state index is 12.8. The average molecular weight is 425 g/mol. The molecule has 1 fully saturated rings. The lowest BCUT2D eigenvalue weighted by molar-refractivity contribution is 0.205. The lowest BCUT2D eigenvalue weighted by Crippen LogP contribution is -2.40. The van der Waals surface area contributed by atoms with Gasteiger partial charge >= 0.3 is 6.03 Å². The SMILES string of the molecule is O=C(NCc1ccncc1)N1CCC2(CCn3nc(-c4cnc5ccccc5c4)cc32)C1. The van der Waals surface area contributed by atoms with Crippen LogP contribution in [0.15, 0.2) is 67.1 Å². The van der Waals surface area contributed by atoms with Gasteiger partial charge in [0.2, 0.25) is 0 Å². The molecule has 0 radical (unpaired) electrons. The first-order valence-electron chi connectivity index (χ1n) is 11.1. The van der Waals surface area contributed by atoms with Gasteiger partial charge in [0.25, 0.3) is 0 Å². The molecule has 7 heteroatoms. The normalized spacial score (nSPS) is 19.6. The molecule has 0 bridgehead atoms. The third kappa shape index (κ3) is 3.21. The Morgan fingerprint density at radius 2 is 1.91 bits per heavy atom. The Balaban J connectivity index is 1.20. The van der Waals surface area contributed by atoms with Crippen molar-refractivity contribution in [3.63, 3.8) is 0 Å². The minimum Gasteiger partial charge on any atom is -0.334 e. The molecule has 2 aliphatic heterocycles. The van der Waals surface area contributed by atoms with E-state index >= 15 is 0 Å². The topological polar surface area (TPSA) is 75.9 Å². The van der Waals surface area contributed by atoms with Gasteiger partial charge in [-0.25, -0.2) is 4.79 Å². The molecular formula is C25H24N6O. The molecule has 1 aromatic carbocycles. The van der Waals surface area contributed by atoms with Gasteiger partial charge in [0.15, 0.2) is 0 Å². The highest BCUT2D eigenvalue weighted by Gasteiger charge is 2.46. The van der Waals surface area contributed by atoms with Crippen LogP contribution in [0.4, 0.5) is 4.79 Å². The van der Waals surface area contributed by atoms with Crippen LogP contribution in [0, 0.1) is 0 Å². The number of nitrogens with one attached hydrogen (secondary N) is 1. The monoisotopic (exact) mass is 424 g/mol. The smallest absolute Gasteiger partial charge is 0.317 e. The van der Waals surface area contributed by atoms with E-state index in [-0.39, 0.29) is 11.4 Å². The molecule has 2 aliphatic rings. The van der Waals surface area contributed by atoms with E-state index in [0.717, 1.165) is 60.2 Å². The molecule has 0 saturated carbocycles. The van der Waals surface area contributed by atoms with Crippen molar-refractivity contribution in [2.24, 2.45) is 0 Å². The van der Waals surface area contributed by atoms with Crippen molar-refractivity contribution in [3.05, 3.63) is 78.4 Å². The van der Waals surface area contributed by atoms with Gasteiger partial charge in [-0.3, -0.25) is 14.6 Å². The fourth-order valence-corrected chi connectivity index (χ4v) is 5.06. The van der Waals surface area contributed by atoms with Gasteiger partial charge in [0.1, 0.15) is 0 Å². The third-order valence-electron chi connectivity index (χ3n) is 6.85. The summed E-state index contributed by atoms with van der Waals surface area (Å²) in [6.07, 6.45) is 7.39. The molecular weight excluding hydrogens is 400 g/mol. The van der Waals surface area contributed by atoms with Crippen LogP contribution in [0.1, 0.15) is 24.1 Å². The van der Waals surface area contributed by atoms with Crippen LogP contribution in [0.2, 0.25) is 0 Å². The second-order valence-electron chi connectivity index (χ2n) is 8.77. The number of para-hydroxylation sites is 1. The van der Waals surface area contributed by atoms with E-state index in [1.165, 1.54) is 5.69 Å². The molecule has 4 aromatic rings. The van der Waals surface area contributed by atoms with Crippen LogP contribution in [0.25, 0.3) is 22.2 Å². The van der Waals surface area contributed by atoms with E-state index in [1.54, 1.807) is 12.4 Å². The standard InChI is InChI=1S/C25H24N6O/c32-24(28-15-18-5-9-26-10-6-18)30-11-7-25(17-30)8-12-31-23(25)14-22(29-31)20-13-19-3-1-2-4-21(19)27-16-20/h1-6,9-10,13-14,16H,7-8,11-12,15,17H2,(H,28,32). The van der Waals surface area contributed by atoms with E-state index in [0.29, 0.717) is 6.54 Å². The molecule has 5 heterocycles. The van der Waals surface area contributed by atoms with E-state index in [9.17, 15) is 4.79 Å². The summed E-state index contributed by atoms with van der Waals surface area (Å²) in [7, 11) is 0. The van der Waals surface area contributed by atoms with Gasteiger partial charge in [-0.15, -0.1) is 0 Å². The van der Waals surface area contributed by atoms with E-state index in [2.05, 4.69) is 38.2 Å². The molecule has 1 atom stereocenters. The zero-order valence-corrected chi connectivity index (χ0v) is 17.7. The van der Waals surface area contributed by atoms with E-state index < -0.39 is 0 Å². The minimum absolute atomic E-state index is 0.00407. The lowest BCUT2D eigenvalue weighted by atomic mass is 9.82. The number of carbonyl (C=O) groups excluding carboxylic acids is 1. The summed E-state index contributed by atoms with van der Waals surface area (Å²) in [5, 5.41) is 9.05. The van der Waals surface area contributed by atoms with Gasteiger partial charge in [-0.2, -0.15) is 5.10 Å². The van der Waals surface area contributed by atoms with Crippen molar-refractivity contribution >= 4 is 16.9 Å². The Bertz CT molecular complexity index is 1300. The number of hydrogen-bond acceptors (Lipinski definition) is 4. The number of amides is 2. The maximum absolute atomic E-state index is 12.8. The molecule has 6 rings (SSSR count). The number of aryl methyl sites for hydroxylation is 1. The number of aromatic nitrogens is 4. The van der Waals surface area contributed by atoms with Crippen molar-refractivity contribution < 1.29 is 4.79 Å². The van der Waals surface area contributed by atoms with Crippen LogP contribution in [-0.2, 0) is 18.5 Å². The molecule has 2 amide bonds. The maximum Gasteiger partial charge on any atom is 0.317 e. The molecule has 3 aromatic heterocycles. The predicted molar refractivity (Wildman–Crippen MR) is 122 cm³/mol. The average Bonchev–Trinajstić information content (AvgIpc) is 3.55. The number of hydrogen-bond donors (Lipinski definition) is 1. The summed E-state index contributed by atoms with van der Waals surface area (Å²) >= 11 is 0. The van der Waals surface area contributed by atoms with Gasteiger partial charge < -0.3 is 10.2 Å². The number of rotatable bonds is 3. The van der Waals surface area contributed by atoms with Gasteiger partial charge in [-0.1, -0.05) is 18.2 Å². The number of pyridine rings is 2. The number of urea groups is 1. The summed E-state index contributed by atoms with van der Waals surface area (Å²) in [5.41, 5.74) is 5.26. The summed E-state index contributed by atoms with van der Waals surface area (Å²) in [5.74, 6) is 0. The lowest BCUT2D eigenvalue weighted by Gasteiger charge is -2.23. The molecule has 160 valence electrons. The summed E-state index contributed by atoms with van der Waals surface area (Å²) in [4.78, 5) is 23.4. The number of likely N-dealkylation sites (tertiary alicyclic amines) is 1. The van der Waals surface area contributed by atoms with E-state index in [4.69, 9.17) is 5.10 Å². The first kappa shape index (κ1) is 19.0. The summed E-state index contributed by atoms with van der Waals surface area (Å²) in [6.45, 7) is 2.90.